The van der Waals surface area contributed by atoms with E-state index in [1.165, 1.54) is 0 Å². The molecular weight excluding hydrogens is 388 g/mol. The van der Waals surface area contributed by atoms with Crippen molar-refractivity contribution in [1.82, 2.24) is 19.6 Å². The molecule has 2 atom stereocenters. The number of rotatable bonds is 7. The van der Waals surface area contributed by atoms with Gasteiger partial charge in [0.15, 0.2) is 0 Å². The molecule has 0 spiro atoms. The number of carbonyl (C=O) groups is 1. The van der Waals surface area contributed by atoms with Crippen molar-refractivity contribution in [1.29, 1.82) is 0 Å². The number of aliphatic hydroxyl groups is 1. The van der Waals surface area contributed by atoms with Gasteiger partial charge in [-0.15, -0.1) is 0 Å². The summed E-state index contributed by atoms with van der Waals surface area (Å²) < 4.78 is 1.98. The van der Waals surface area contributed by atoms with Gasteiger partial charge in [-0.1, -0.05) is 26.0 Å². The molecule has 1 aromatic carbocycles. The molecule has 2 heterocycles. The Morgan fingerprint density at radius 1 is 1.13 bits per heavy atom. The molecule has 3 rings (SSSR count). The molecule has 1 aliphatic rings. The molecule has 1 saturated heterocycles. The van der Waals surface area contributed by atoms with Crippen molar-refractivity contribution in [3.8, 4) is 0 Å². The van der Waals surface area contributed by atoms with Crippen molar-refractivity contribution >= 4 is 5.91 Å². The number of β-amino-alcohol motifs (C(OH)–C–C–N with tert-alkyl or cyclic N) is 1. The van der Waals surface area contributed by atoms with Crippen LogP contribution in [0.2, 0.25) is 0 Å². The molecule has 2 unspecified atom stereocenters. The Kier molecular flexibility index (Phi) is 7.22. The number of benzene rings is 1. The Hall–Kier alpha value is -2.18. The van der Waals surface area contributed by atoms with Crippen LogP contribution in [0.1, 0.15) is 67.8 Å². The predicted molar refractivity (Wildman–Crippen MR) is 124 cm³/mol. The fraction of sp³-hybridized carbons (Fsp3) is 0.600. The second kappa shape index (κ2) is 9.53. The van der Waals surface area contributed by atoms with Crippen LogP contribution in [0.4, 0.5) is 0 Å². The highest BCUT2D eigenvalue weighted by Gasteiger charge is 2.36. The molecule has 0 bridgehead atoms. The van der Waals surface area contributed by atoms with E-state index in [1.807, 2.05) is 43.7 Å². The maximum atomic E-state index is 13.5. The third kappa shape index (κ3) is 5.74. The lowest BCUT2D eigenvalue weighted by atomic mass is 9.98. The molecule has 6 nitrogen and oxygen atoms in total. The lowest BCUT2D eigenvalue weighted by molar-refractivity contribution is -0.0237. The van der Waals surface area contributed by atoms with Gasteiger partial charge in [0.1, 0.15) is 0 Å². The van der Waals surface area contributed by atoms with E-state index in [9.17, 15) is 9.90 Å². The summed E-state index contributed by atoms with van der Waals surface area (Å²) in [5, 5.41) is 14.9. The van der Waals surface area contributed by atoms with E-state index in [0.717, 1.165) is 41.9 Å². The number of nitrogens with zero attached hydrogens (tertiary/aromatic N) is 4. The zero-order chi connectivity index (χ0) is 22.8. The summed E-state index contributed by atoms with van der Waals surface area (Å²) in [5.41, 5.74) is 3.20. The first-order chi connectivity index (χ1) is 14.6. The van der Waals surface area contributed by atoms with E-state index in [0.29, 0.717) is 19.6 Å². The van der Waals surface area contributed by atoms with Crippen molar-refractivity contribution < 1.29 is 9.90 Å². The average molecular weight is 427 g/mol. The van der Waals surface area contributed by atoms with Gasteiger partial charge >= 0.3 is 0 Å². The van der Waals surface area contributed by atoms with Crippen LogP contribution in [0.25, 0.3) is 0 Å². The molecule has 1 aliphatic heterocycles. The van der Waals surface area contributed by atoms with Gasteiger partial charge in [0.2, 0.25) is 0 Å². The lowest BCUT2D eigenvalue weighted by Gasteiger charge is -2.47. The largest absolute Gasteiger partial charge is 0.389 e. The first-order valence-electron chi connectivity index (χ1n) is 11.5. The summed E-state index contributed by atoms with van der Waals surface area (Å²) in [6, 6.07) is 10.4. The standard InChI is InChI=1S/C25H38N4O2/c1-7-22-16-28(23(8-2)15-27(22)17-25(5,6)31)24(30)21-11-9-10-20(13-21)14-29-19(4)12-18(3)26-29/h9-13,22-23,31H,7-8,14-17H2,1-6H3. The van der Waals surface area contributed by atoms with Gasteiger partial charge in [-0.2, -0.15) is 5.10 Å². The summed E-state index contributed by atoms with van der Waals surface area (Å²) in [7, 11) is 0. The minimum atomic E-state index is -0.741. The van der Waals surface area contributed by atoms with Gasteiger partial charge in [-0.25, -0.2) is 0 Å². The molecule has 1 N–H and O–H groups in total. The Labute approximate surface area is 186 Å². The fourth-order valence-electron chi connectivity index (χ4n) is 4.66. The highest BCUT2D eigenvalue weighted by molar-refractivity contribution is 5.94. The van der Waals surface area contributed by atoms with Crippen molar-refractivity contribution in [3.63, 3.8) is 0 Å². The first kappa shape index (κ1) is 23.5. The number of hydrogen-bond donors (Lipinski definition) is 1. The molecule has 0 radical (unpaired) electrons. The zero-order valence-corrected chi connectivity index (χ0v) is 19.9. The summed E-state index contributed by atoms with van der Waals surface area (Å²) >= 11 is 0. The molecule has 0 saturated carbocycles. The van der Waals surface area contributed by atoms with Gasteiger partial charge in [0.25, 0.3) is 5.91 Å². The fourth-order valence-corrected chi connectivity index (χ4v) is 4.66. The van der Waals surface area contributed by atoms with E-state index in [2.05, 4.69) is 47.8 Å². The van der Waals surface area contributed by atoms with Crippen LogP contribution in [0.15, 0.2) is 30.3 Å². The van der Waals surface area contributed by atoms with Crippen LogP contribution in [0.5, 0.6) is 0 Å². The number of aryl methyl sites for hydroxylation is 2. The molecule has 6 heteroatoms. The average Bonchev–Trinajstić information content (AvgIpc) is 3.02. The highest BCUT2D eigenvalue weighted by atomic mass is 16.3. The third-order valence-corrected chi connectivity index (χ3v) is 6.21. The maximum absolute atomic E-state index is 13.5. The first-order valence-corrected chi connectivity index (χ1v) is 11.5. The van der Waals surface area contributed by atoms with Gasteiger partial charge in [-0.3, -0.25) is 14.4 Å². The predicted octanol–water partition coefficient (Wildman–Crippen LogP) is 3.63. The molecule has 1 aromatic heterocycles. The lowest BCUT2D eigenvalue weighted by Crippen LogP contribution is -2.61. The molecule has 1 fully saturated rings. The summed E-state index contributed by atoms with van der Waals surface area (Å²) in [6.07, 6.45) is 1.85. The van der Waals surface area contributed by atoms with E-state index in [4.69, 9.17) is 0 Å². The molecule has 31 heavy (non-hydrogen) atoms. The van der Waals surface area contributed by atoms with Gasteiger partial charge < -0.3 is 10.0 Å². The molecule has 2 aromatic rings. The van der Waals surface area contributed by atoms with Crippen LogP contribution in [0.3, 0.4) is 0 Å². The third-order valence-electron chi connectivity index (χ3n) is 6.21. The number of amides is 1. The summed E-state index contributed by atoms with van der Waals surface area (Å²) in [5.74, 6) is 0.100. The van der Waals surface area contributed by atoms with Crippen molar-refractivity contribution in [2.24, 2.45) is 0 Å². The maximum Gasteiger partial charge on any atom is 0.254 e. The zero-order valence-electron chi connectivity index (χ0n) is 19.9. The second-order valence-corrected chi connectivity index (χ2v) is 9.61. The quantitative estimate of drug-likeness (QED) is 0.734. The molecule has 170 valence electrons. The second-order valence-electron chi connectivity index (χ2n) is 9.61. The Bertz CT molecular complexity index is 899. The Morgan fingerprint density at radius 3 is 2.42 bits per heavy atom. The van der Waals surface area contributed by atoms with Crippen LogP contribution in [-0.2, 0) is 6.54 Å². The SMILES string of the molecule is CCC1CN(C(=O)c2cccc(Cn3nc(C)cc3C)c2)C(CC)CN1CC(C)(C)O. The van der Waals surface area contributed by atoms with E-state index in [-0.39, 0.29) is 18.0 Å². The topological polar surface area (TPSA) is 61.6 Å². The van der Waals surface area contributed by atoms with E-state index < -0.39 is 5.60 Å². The van der Waals surface area contributed by atoms with Crippen LogP contribution < -0.4 is 0 Å². The molecule has 0 aliphatic carbocycles. The van der Waals surface area contributed by atoms with Gasteiger partial charge in [-0.05, 0) is 64.3 Å². The van der Waals surface area contributed by atoms with Crippen LogP contribution in [-0.4, -0.2) is 67.9 Å². The van der Waals surface area contributed by atoms with Crippen molar-refractivity contribution in [2.75, 3.05) is 19.6 Å². The van der Waals surface area contributed by atoms with Crippen LogP contribution >= 0.6 is 0 Å². The Balaban J connectivity index is 1.79. The van der Waals surface area contributed by atoms with Crippen molar-refractivity contribution in [2.45, 2.75) is 78.6 Å². The van der Waals surface area contributed by atoms with Gasteiger partial charge in [0, 0.05) is 43.0 Å². The summed E-state index contributed by atoms with van der Waals surface area (Å²) in [6.45, 7) is 14.8. The normalized spacial score (nSPS) is 20.3. The molecule has 1 amide bonds. The monoisotopic (exact) mass is 426 g/mol. The minimum Gasteiger partial charge on any atom is -0.389 e. The van der Waals surface area contributed by atoms with E-state index in [1.54, 1.807) is 0 Å². The number of hydrogen-bond acceptors (Lipinski definition) is 4. The number of aromatic nitrogens is 2. The number of carbonyl (C=O) groups excluding carboxylic acids is 1. The number of piperazine rings is 1. The van der Waals surface area contributed by atoms with Gasteiger partial charge in [0.05, 0.1) is 17.8 Å². The minimum absolute atomic E-state index is 0.100. The van der Waals surface area contributed by atoms with Crippen molar-refractivity contribution in [3.05, 3.63) is 52.8 Å². The summed E-state index contributed by atoms with van der Waals surface area (Å²) in [4.78, 5) is 17.9. The Morgan fingerprint density at radius 2 is 1.84 bits per heavy atom. The molecular formula is C25H38N4O2. The smallest absolute Gasteiger partial charge is 0.254 e. The highest BCUT2D eigenvalue weighted by Crippen LogP contribution is 2.24. The van der Waals surface area contributed by atoms with Crippen LogP contribution in [0, 0.1) is 13.8 Å². The van der Waals surface area contributed by atoms with E-state index >= 15 is 0 Å².